The first kappa shape index (κ1) is 20.4. The molecule has 2 aromatic carbocycles. The summed E-state index contributed by atoms with van der Waals surface area (Å²) < 4.78 is 49.2. The first-order chi connectivity index (χ1) is 12.8. The Labute approximate surface area is 155 Å². The van der Waals surface area contributed by atoms with Crippen molar-refractivity contribution < 1.29 is 27.4 Å². The summed E-state index contributed by atoms with van der Waals surface area (Å²) in [6, 6.07) is 8.90. The maximum absolute atomic E-state index is 12.8. The monoisotopic (exact) mass is 379 g/mol. The normalized spacial score (nSPS) is 12.2. The lowest BCUT2D eigenvalue weighted by Crippen LogP contribution is -2.26. The van der Waals surface area contributed by atoms with Crippen LogP contribution in [-0.2, 0) is 6.18 Å². The molecule has 0 fully saturated rings. The van der Waals surface area contributed by atoms with Gasteiger partial charge in [-0.1, -0.05) is 24.8 Å². The van der Waals surface area contributed by atoms with Crippen molar-refractivity contribution in [3.8, 4) is 11.5 Å². The van der Waals surface area contributed by atoms with Crippen molar-refractivity contribution >= 4 is 5.91 Å². The van der Waals surface area contributed by atoms with Crippen LogP contribution >= 0.6 is 0 Å². The van der Waals surface area contributed by atoms with Gasteiger partial charge in [-0.05, 0) is 42.8 Å². The third-order valence-corrected chi connectivity index (χ3v) is 3.84. The minimum Gasteiger partial charge on any atom is -0.493 e. The number of benzene rings is 2. The minimum absolute atomic E-state index is 0.286. The van der Waals surface area contributed by atoms with E-state index in [4.69, 9.17) is 9.47 Å². The van der Waals surface area contributed by atoms with Crippen molar-refractivity contribution in [1.29, 1.82) is 0 Å². The molecule has 2 rings (SSSR count). The van der Waals surface area contributed by atoms with Gasteiger partial charge >= 0.3 is 6.18 Å². The van der Waals surface area contributed by atoms with Gasteiger partial charge in [-0.15, -0.1) is 0 Å². The van der Waals surface area contributed by atoms with E-state index in [1.807, 2.05) is 0 Å². The minimum atomic E-state index is -4.44. The van der Waals surface area contributed by atoms with Crippen LogP contribution in [0.3, 0.4) is 0 Å². The molecule has 1 unspecified atom stereocenters. The van der Waals surface area contributed by atoms with Gasteiger partial charge in [-0.25, -0.2) is 0 Å². The number of methoxy groups -OCH3 is 1. The van der Waals surface area contributed by atoms with E-state index in [0.717, 1.165) is 12.1 Å². The molecular formula is C20H20F3NO3. The Kier molecular flexibility index (Phi) is 6.50. The van der Waals surface area contributed by atoms with Gasteiger partial charge < -0.3 is 14.8 Å². The molecule has 2 aromatic rings. The lowest BCUT2D eigenvalue weighted by atomic mass is 10.0. The van der Waals surface area contributed by atoms with Crippen LogP contribution in [0.15, 0.2) is 55.1 Å². The Morgan fingerprint density at radius 2 is 1.96 bits per heavy atom. The van der Waals surface area contributed by atoms with Crippen LogP contribution in [0, 0.1) is 0 Å². The topological polar surface area (TPSA) is 47.6 Å². The molecule has 0 spiro atoms. The molecule has 0 aliphatic heterocycles. The summed E-state index contributed by atoms with van der Waals surface area (Å²) in [7, 11) is 1.45. The third kappa shape index (κ3) is 5.26. The van der Waals surface area contributed by atoms with Crippen LogP contribution in [0.2, 0.25) is 0 Å². The second-order valence-corrected chi connectivity index (χ2v) is 5.78. The number of nitrogens with one attached hydrogen (secondary N) is 1. The molecule has 27 heavy (non-hydrogen) atoms. The fourth-order valence-electron chi connectivity index (χ4n) is 2.42. The van der Waals surface area contributed by atoms with Crippen molar-refractivity contribution in [2.24, 2.45) is 0 Å². The number of ether oxygens (including phenoxy) is 2. The van der Waals surface area contributed by atoms with E-state index in [1.54, 1.807) is 25.1 Å². The van der Waals surface area contributed by atoms with Crippen molar-refractivity contribution in [2.75, 3.05) is 13.7 Å². The molecule has 0 saturated heterocycles. The lowest BCUT2D eigenvalue weighted by Gasteiger charge is -2.17. The molecule has 7 heteroatoms. The van der Waals surface area contributed by atoms with E-state index in [0.29, 0.717) is 22.6 Å². The highest BCUT2D eigenvalue weighted by Crippen LogP contribution is 2.31. The molecular weight excluding hydrogens is 359 g/mol. The highest BCUT2D eigenvalue weighted by Gasteiger charge is 2.30. The summed E-state index contributed by atoms with van der Waals surface area (Å²) >= 11 is 0. The Balaban J connectivity index is 2.16. The van der Waals surface area contributed by atoms with Crippen molar-refractivity contribution in [1.82, 2.24) is 5.32 Å². The average molecular weight is 379 g/mol. The number of hydrogen-bond donors (Lipinski definition) is 1. The molecule has 0 heterocycles. The van der Waals surface area contributed by atoms with Gasteiger partial charge in [0.05, 0.1) is 18.7 Å². The summed E-state index contributed by atoms with van der Waals surface area (Å²) in [6.07, 6.45) is -2.86. The first-order valence-electron chi connectivity index (χ1n) is 8.16. The van der Waals surface area contributed by atoms with Gasteiger partial charge in [0.15, 0.2) is 11.5 Å². The number of carbonyl (C=O) groups excluding carboxylic acids is 1. The highest BCUT2D eigenvalue weighted by molar-refractivity contribution is 5.95. The number of carbonyl (C=O) groups is 1. The third-order valence-electron chi connectivity index (χ3n) is 3.84. The molecule has 144 valence electrons. The fraction of sp³-hybridized carbons (Fsp3) is 0.250. The zero-order valence-corrected chi connectivity index (χ0v) is 15.0. The predicted molar refractivity (Wildman–Crippen MR) is 96.0 cm³/mol. The van der Waals surface area contributed by atoms with Crippen LogP contribution in [0.5, 0.6) is 11.5 Å². The maximum Gasteiger partial charge on any atom is 0.416 e. The summed E-state index contributed by atoms with van der Waals surface area (Å²) in [6.45, 7) is 5.46. The largest absolute Gasteiger partial charge is 0.493 e. The molecule has 0 saturated carbocycles. The fourth-order valence-corrected chi connectivity index (χ4v) is 2.42. The van der Waals surface area contributed by atoms with E-state index in [9.17, 15) is 18.0 Å². The van der Waals surface area contributed by atoms with E-state index in [1.165, 1.54) is 25.3 Å². The molecule has 4 nitrogen and oxygen atoms in total. The predicted octanol–water partition coefficient (Wildman–Crippen LogP) is 4.77. The number of halogens is 3. The highest BCUT2D eigenvalue weighted by atomic mass is 19.4. The van der Waals surface area contributed by atoms with Gasteiger partial charge in [-0.2, -0.15) is 13.2 Å². The summed E-state index contributed by atoms with van der Waals surface area (Å²) in [5.41, 5.74) is -0.0980. The Bertz CT molecular complexity index is 818. The van der Waals surface area contributed by atoms with Crippen molar-refractivity contribution in [3.05, 3.63) is 71.8 Å². The first-order valence-corrected chi connectivity index (χ1v) is 8.16. The molecule has 1 amide bonds. The average Bonchev–Trinajstić information content (AvgIpc) is 2.65. The van der Waals surface area contributed by atoms with Crippen LogP contribution < -0.4 is 14.8 Å². The van der Waals surface area contributed by atoms with Gasteiger partial charge in [0.2, 0.25) is 0 Å². The zero-order valence-electron chi connectivity index (χ0n) is 15.0. The zero-order chi connectivity index (χ0) is 20.0. The van der Waals surface area contributed by atoms with E-state index >= 15 is 0 Å². The van der Waals surface area contributed by atoms with Crippen LogP contribution in [-0.4, -0.2) is 19.6 Å². The van der Waals surface area contributed by atoms with E-state index in [2.05, 4.69) is 11.9 Å². The van der Waals surface area contributed by atoms with Crippen LogP contribution in [0.1, 0.15) is 34.5 Å². The Hall–Kier alpha value is -2.96. The van der Waals surface area contributed by atoms with Gasteiger partial charge in [0.25, 0.3) is 5.91 Å². The SMILES string of the molecule is C=CCOc1ccc(C(=O)NC(C)c2cccc(C(F)(F)F)c2)cc1OC. The lowest BCUT2D eigenvalue weighted by molar-refractivity contribution is -0.137. The molecule has 0 radical (unpaired) electrons. The molecule has 0 aliphatic carbocycles. The number of hydrogen-bond acceptors (Lipinski definition) is 3. The smallest absolute Gasteiger partial charge is 0.416 e. The van der Waals surface area contributed by atoms with Crippen LogP contribution in [0.25, 0.3) is 0 Å². The molecule has 0 bridgehead atoms. The molecule has 0 aliphatic rings. The summed E-state index contributed by atoms with van der Waals surface area (Å²) in [5.74, 6) is 0.393. The van der Waals surface area contributed by atoms with E-state index < -0.39 is 23.7 Å². The number of alkyl halides is 3. The number of amides is 1. The van der Waals surface area contributed by atoms with E-state index in [-0.39, 0.29) is 6.61 Å². The second-order valence-electron chi connectivity index (χ2n) is 5.78. The maximum atomic E-state index is 12.8. The van der Waals surface area contributed by atoms with Crippen molar-refractivity contribution in [2.45, 2.75) is 19.1 Å². The molecule has 0 aromatic heterocycles. The summed E-state index contributed by atoms with van der Waals surface area (Å²) in [5, 5.41) is 2.69. The van der Waals surface area contributed by atoms with Crippen molar-refractivity contribution in [3.63, 3.8) is 0 Å². The standard InChI is InChI=1S/C20H20F3NO3/c1-4-10-27-17-9-8-15(12-18(17)26-3)19(25)24-13(2)14-6-5-7-16(11-14)20(21,22)23/h4-9,11-13H,1,10H2,2-3H3,(H,24,25). The van der Waals surface area contributed by atoms with Crippen LogP contribution in [0.4, 0.5) is 13.2 Å². The Morgan fingerprint density at radius 1 is 1.22 bits per heavy atom. The number of rotatable bonds is 7. The second kappa shape index (κ2) is 8.62. The van der Waals surface area contributed by atoms with Gasteiger partial charge in [-0.3, -0.25) is 4.79 Å². The molecule has 1 N–H and O–H groups in total. The molecule has 1 atom stereocenters. The van der Waals surface area contributed by atoms with Gasteiger partial charge in [0, 0.05) is 5.56 Å². The quantitative estimate of drug-likeness (QED) is 0.705. The summed E-state index contributed by atoms with van der Waals surface area (Å²) in [4.78, 5) is 12.5. The Morgan fingerprint density at radius 3 is 2.59 bits per heavy atom. The van der Waals surface area contributed by atoms with Gasteiger partial charge in [0.1, 0.15) is 6.61 Å².